The summed E-state index contributed by atoms with van der Waals surface area (Å²) in [5.41, 5.74) is 3.15. The Kier molecular flexibility index (Phi) is 12.1. The molecule has 0 spiro atoms. The molecule has 0 bridgehead atoms. The third-order valence-corrected chi connectivity index (χ3v) is 11.0. The first-order valence-corrected chi connectivity index (χ1v) is 19.0. The van der Waals surface area contributed by atoms with E-state index in [4.69, 9.17) is 44.3 Å². The number of benzene rings is 6. The standard InChI is InChI=1S/C41H32Cl3FN2O6S/c1-52-40-35(29-9-11-31(42)12-10-29)19-28(20-37(40)44)25-47(24-27-7-15-33(16-8-27)53-34-17-13-32(45)14-18-34)54(50,51)38-22-30(21-36(43)39(38)48)41(49)46-23-26-5-3-2-4-6-26/h2-22,48H,23-25H2,1H3,(H,46,49). The largest absolute Gasteiger partial charge is 0.505 e. The number of nitrogens with one attached hydrogen (secondary N) is 1. The molecule has 0 heterocycles. The zero-order chi connectivity index (χ0) is 38.4. The fourth-order valence-corrected chi connectivity index (χ4v) is 7.91. The van der Waals surface area contributed by atoms with E-state index in [1.807, 2.05) is 30.3 Å². The summed E-state index contributed by atoms with van der Waals surface area (Å²) in [4.78, 5) is 12.7. The number of phenolic OH excluding ortho intramolecular Hbond substituents is 1. The Morgan fingerprint density at radius 2 is 1.39 bits per heavy atom. The van der Waals surface area contributed by atoms with Gasteiger partial charge < -0.3 is 19.9 Å². The summed E-state index contributed by atoms with van der Waals surface area (Å²) >= 11 is 19.2. The number of sulfonamides is 1. The van der Waals surface area contributed by atoms with Gasteiger partial charge in [-0.05, 0) is 95.1 Å². The lowest BCUT2D eigenvalue weighted by molar-refractivity contribution is 0.0950. The van der Waals surface area contributed by atoms with Gasteiger partial charge in [0.25, 0.3) is 5.91 Å². The average Bonchev–Trinajstić information content (AvgIpc) is 3.16. The quantitative estimate of drug-likeness (QED) is 0.120. The number of amides is 1. The van der Waals surface area contributed by atoms with Gasteiger partial charge in [-0.15, -0.1) is 0 Å². The Balaban J connectivity index is 1.37. The number of phenols is 1. The molecule has 0 radical (unpaired) electrons. The van der Waals surface area contributed by atoms with Crippen molar-refractivity contribution in [3.63, 3.8) is 0 Å². The minimum absolute atomic E-state index is 0.0629. The van der Waals surface area contributed by atoms with Crippen molar-refractivity contribution < 1.29 is 32.2 Å². The van der Waals surface area contributed by atoms with Crippen LogP contribution in [0.3, 0.4) is 0 Å². The van der Waals surface area contributed by atoms with Crippen LogP contribution in [0.1, 0.15) is 27.0 Å². The molecule has 6 rings (SSSR count). The lowest BCUT2D eigenvalue weighted by atomic mass is 10.0. The van der Waals surface area contributed by atoms with Gasteiger partial charge in [0.1, 0.15) is 28.0 Å². The second kappa shape index (κ2) is 16.9. The Morgan fingerprint density at radius 1 is 0.759 bits per heavy atom. The molecule has 54 heavy (non-hydrogen) atoms. The molecule has 0 aliphatic rings. The highest BCUT2D eigenvalue weighted by molar-refractivity contribution is 7.89. The van der Waals surface area contributed by atoms with Crippen molar-refractivity contribution in [1.29, 1.82) is 0 Å². The van der Waals surface area contributed by atoms with Crippen molar-refractivity contribution in [3.8, 4) is 34.1 Å². The predicted molar refractivity (Wildman–Crippen MR) is 209 cm³/mol. The minimum atomic E-state index is -4.59. The van der Waals surface area contributed by atoms with E-state index in [2.05, 4.69) is 5.32 Å². The maximum Gasteiger partial charge on any atom is 0.251 e. The number of methoxy groups -OCH3 is 1. The molecule has 0 saturated carbocycles. The van der Waals surface area contributed by atoms with Crippen LogP contribution in [0.4, 0.5) is 4.39 Å². The smallest absolute Gasteiger partial charge is 0.251 e. The number of hydrogen-bond donors (Lipinski definition) is 2. The van der Waals surface area contributed by atoms with Crippen LogP contribution in [0.25, 0.3) is 11.1 Å². The number of carbonyl (C=O) groups is 1. The summed E-state index contributed by atoms with van der Waals surface area (Å²) in [6.45, 7) is -0.218. The van der Waals surface area contributed by atoms with Crippen molar-refractivity contribution >= 4 is 50.7 Å². The highest BCUT2D eigenvalue weighted by Gasteiger charge is 2.31. The summed E-state index contributed by atoms with van der Waals surface area (Å²) in [5.74, 6) is -0.459. The first-order chi connectivity index (χ1) is 25.9. The molecule has 0 fully saturated rings. The minimum Gasteiger partial charge on any atom is -0.505 e. The molecule has 276 valence electrons. The molecule has 0 aliphatic heterocycles. The third-order valence-electron chi connectivity index (χ3n) is 8.36. The SMILES string of the molecule is COc1c(Cl)cc(CN(Cc2ccc(Oc3ccc(F)cc3)cc2)S(=O)(=O)c2cc(C(=O)NCc3ccccc3)cc(Cl)c2O)cc1-c1ccc(Cl)cc1. The fraction of sp³-hybridized carbons (Fsp3) is 0.0976. The lowest BCUT2D eigenvalue weighted by Gasteiger charge is -2.24. The molecule has 0 atom stereocenters. The fourth-order valence-electron chi connectivity index (χ4n) is 5.65. The highest BCUT2D eigenvalue weighted by Crippen LogP contribution is 2.40. The van der Waals surface area contributed by atoms with Crippen LogP contribution < -0.4 is 14.8 Å². The van der Waals surface area contributed by atoms with Gasteiger partial charge in [-0.2, -0.15) is 4.31 Å². The van der Waals surface area contributed by atoms with Gasteiger partial charge in [0.05, 0.1) is 17.2 Å². The van der Waals surface area contributed by atoms with Gasteiger partial charge in [-0.1, -0.05) is 89.4 Å². The number of ether oxygens (including phenoxy) is 2. The van der Waals surface area contributed by atoms with Gasteiger partial charge in [-0.25, -0.2) is 12.8 Å². The van der Waals surface area contributed by atoms with Gasteiger partial charge in [0.2, 0.25) is 10.0 Å². The summed E-state index contributed by atoms with van der Waals surface area (Å²) in [7, 11) is -3.11. The number of hydrogen-bond acceptors (Lipinski definition) is 6. The van der Waals surface area contributed by atoms with E-state index in [9.17, 15) is 22.7 Å². The number of rotatable bonds is 13. The first kappa shape index (κ1) is 38.6. The van der Waals surface area contributed by atoms with E-state index < -0.39 is 32.4 Å². The molecule has 6 aromatic rings. The van der Waals surface area contributed by atoms with Crippen LogP contribution in [-0.4, -0.2) is 30.8 Å². The monoisotopic (exact) mass is 804 g/mol. The molecule has 1 amide bonds. The average molecular weight is 806 g/mol. The third kappa shape index (κ3) is 9.15. The molecule has 0 aliphatic carbocycles. The molecule has 0 aromatic heterocycles. The number of aromatic hydroxyl groups is 1. The normalized spacial score (nSPS) is 11.4. The molecule has 2 N–H and O–H groups in total. The molecule has 6 aromatic carbocycles. The van der Waals surface area contributed by atoms with Crippen LogP contribution >= 0.6 is 34.8 Å². The first-order valence-electron chi connectivity index (χ1n) is 16.4. The molecule has 0 saturated heterocycles. The summed E-state index contributed by atoms with van der Waals surface area (Å²) < 4.78 is 55.3. The maximum absolute atomic E-state index is 14.7. The van der Waals surface area contributed by atoms with E-state index in [1.54, 1.807) is 60.7 Å². The summed E-state index contributed by atoms with van der Waals surface area (Å²) in [5, 5.41) is 14.3. The Bertz CT molecular complexity index is 2380. The Hall–Kier alpha value is -5.10. The second-order valence-corrected chi connectivity index (χ2v) is 15.3. The van der Waals surface area contributed by atoms with Gasteiger partial charge in [-0.3, -0.25) is 4.79 Å². The molecule has 0 unspecified atom stereocenters. The van der Waals surface area contributed by atoms with Gasteiger partial charge >= 0.3 is 0 Å². The van der Waals surface area contributed by atoms with Gasteiger partial charge in [0.15, 0.2) is 5.75 Å². The van der Waals surface area contributed by atoms with Crippen LogP contribution in [0.15, 0.2) is 132 Å². The van der Waals surface area contributed by atoms with Crippen LogP contribution in [0, 0.1) is 5.82 Å². The molecular weight excluding hydrogens is 774 g/mol. The van der Waals surface area contributed by atoms with E-state index in [1.165, 1.54) is 37.4 Å². The topological polar surface area (TPSA) is 105 Å². The summed E-state index contributed by atoms with van der Waals surface area (Å²) in [6, 6.07) is 34.1. The second-order valence-electron chi connectivity index (χ2n) is 12.1. The number of carbonyl (C=O) groups excluding carboxylic acids is 1. The van der Waals surface area contributed by atoms with Gasteiger partial charge in [0, 0.05) is 35.8 Å². The van der Waals surface area contributed by atoms with Crippen molar-refractivity contribution in [3.05, 3.63) is 171 Å². The zero-order valence-corrected chi connectivity index (χ0v) is 31.7. The molecular formula is C41H32Cl3FN2O6S. The summed E-state index contributed by atoms with van der Waals surface area (Å²) in [6.07, 6.45) is 0. The van der Waals surface area contributed by atoms with E-state index in [0.29, 0.717) is 39.0 Å². The maximum atomic E-state index is 14.7. The van der Waals surface area contributed by atoms with Crippen LogP contribution in [-0.2, 0) is 29.7 Å². The highest BCUT2D eigenvalue weighted by atomic mass is 35.5. The van der Waals surface area contributed by atoms with Crippen molar-refractivity contribution in [2.45, 2.75) is 24.5 Å². The van der Waals surface area contributed by atoms with Crippen LogP contribution in [0.5, 0.6) is 23.0 Å². The van der Waals surface area contributed by atoms with Crippen LogP contribution in [0.2, 0.25) is 15.1 Å². The zero-order valence-electron chi connectivity index (χ0n) is 28.6. The Labute approximate surface area is 327 Å². The van der Waals surface area contributed by atoms with Crippen molar-refractivity contribution in [2.75, 3.05) is 7.11 Å². The van der Waals surface area contributed by atoms with E-state index in [-0.39, 0.29) is 35.2 Å². The predicted octanol–water partition coefficient (Wildman–Crippen LogP) is 10.3. The Morgan fingerprint density at radius 3 is 2.04 bits per heavy atom. The number of nitrogens with zero attached hydrogens (tertiary/aromatic N) is 1. The molecule has 13 heteroatoms. The number of halogens is 4. The van der Waals surface area contributed by atoms with E-state index >= 15 is 0 Å². The van der Waals surface area contributed by atoms with Crippen molar-refractivity contribution in [2.24, 2.45) is 0 Å². The van der Waals surface area contributed by atoms with Crippen molar-refractivity contribution in [1.82, 2.24) is 9.62 Å². The lowest BCUT2D eigenvalue weighted by Crippen LogP contribution is -2.31. The molecule has 8 nitrogen and oxygen atoms in total. The van der Waals surface area contributed by atoms with E-state index in [0.717, 1.165) is 21.5 Å².